The Morgan fingerprint density at radius 3 is 2.53 bits per heavy atom. The first kappa shape index (κ1) is 12.4. The summed E-state index contributed by atoms with van der Waals surface area (Å²) in [6.07, 6.45) is 6.18. The normalized spacial score (nSPS) is 11.7. The maximum absolute atomic E-state index is 6.03. The molecule has 0 aliphatic carbocycles. The van der Waals surface area contributed by atoms with Gasteiger partial charge in [-0.15, -0.1) is 0 Å². The summed E-state index contributed by atoms with van der Waals surface area (Å²) in [6.45, 7) is 7.56. The van der Waals surface area contributed by atoms with Crippen LogP contribution in [-0.4, -0.2) is 13.3 Å². The average Bonchev–Trinajstić information content (AvgIpc) is 2.25. The van der Waals surface area contributed by atoms with E-state index in [2.05, 4.69) is 25.0 Å². The highest BCUT2D eigenvalue weighted by Crippen LogP contribution is 2.16. The van der Waals surface area contributed by atoms with Gasteiger partial charge in [-0.05, 0) is 36.8 Å². The second-order valence-corrected chi connectivity index (χ2v) is 8.82. The summed E-state index contributed by atoms with van der Waals surface area (Å²) < 4.78 is 6.03. The molecule has 0 amide bonds. The second-order valence-electron chi connectivity index (χ2n) is 4.51. The van der Waals surface area contributed by atoms with Crippen molar-refractivity contribution in [3.8, 4) is 0 Å². The molecule has 0 saturated carbocycles. The summed E-state index contributed by atoms with van der Waals surface area (Å²) in [4.78, 5) is 4.00. The van der Waals surface area contributed by atoms with Crippen LogP contribution in [0.3, 0.4) is 0 Å². The molecule has 0 N–H and O–H groups in total. The number of hydrogen-bond acceptors (Lipinski definition) is 2. The fourth-order valence-electron chi connectivity index (χ4n) is 1.43. The highest BCUT2D eigenvalue weighted by atomic mass is 28.4. The van der Waals surface area contributed by atoms with E-state index < -0.39 is 8.32 Å². The molecule has 1 rings (SSSR count). The Bertz CT molecular complexity index is 274. The van der Waals surface area contributed by atoms with Gasteiger partial charge in [0.1, 0.15) is 0 Å². The Morgan fingerprint density at radius 1 is 1.27 bits per heavy atom. The number of nitrogens with zero attached hydrogens (tertiary/aromatic N) is 1. The summed E-state index contributed by atoms with van der Waals surface area (Å²) in [5.74, 6) is 0. The quantitative estimate of drug-likeness (QED) is 0.687. The molecule has 1 aromatic heterocycles. The molecule has 0 aliphatic rings. The van der Waals surface area contributed by atoms with Gasteiger partial charge in [-0.25, -0.2) is 0 Å². The van der Waals surface area contributed by atoms with Crippen molar-refractivity contribution in [2.45, 2.75) is 45.5 Å². The fourth-order valence-corrected chi connectivity index (χ4v) is 3.34. The van der Waals surface area contributed by atoms with E-state index in [1.807, 2.05) is 24.5 Å². The van der Waals surface area contributed by atoms with Crippen LogP contribution < -0.4 is 0 Å². The van der Waals surface area contributed by atoms with Gasteiger partial charge in [0.15, 0.2) is 8.32 Å². The molecule has 0 aliphatic heterocycles. The monoisotopic (exact) mass is 223 g/mol. The van der Waals surface area contributed by atoms with Crippen molar-refractivity contribution >= 4 is 8.32 Å². The first-order chi connectivity index (χ1) is 7.14. The van der Waals surface area contributed by atoms with E-state index in [9.17, 15) is 0 Å². The van der Waals surface area contributed by atoms with Gasteiger partial charge in [-0.1, -0.05) is 19.8 Å². The average molecular weight is 223 g/mol. The maximum Gasteiger partial charge on any atom is 0.187 e. The van der Waals surface area contributed by atoms with Crippen molar-refractivity contribution in [1.29, 1.82) is 0 Å². The fraction of sp³-hybridized carbons (Fsp3) is 0.583. The molecule has 3 heteroatoms. The van der Waals surface area contributed by atoms with E-state index in [-0.39, 0.29) is 0 Å². The Morgan fingerprint density at radius 2 is 1.93 bits per heavy atom. The molecule has 0 spiro atoms. The smallest absolute Gasteiger partial charge is 0.187 e. The second kappa shape index (κ2) is 6.03. The molecule has 0 aromatic carbocycles. The summed E-state index contributed by atoms with van der Waals surface area (Å²) in [5, 5.41) is 0. The molecule has 1 heterocycles. The van der Waals surface area contributed by atoms with Crippen LogP contribution in [0.25, 0.3) is 0 Å². The summed E-state index contributed by atoms with van der Waals surface area (Å²) in [7, 11) is -1.43. The van der Waals surface area contributed by atoms with Gasteiger partial charge < -0.3 is 4.43 Å². The van der Waals surface area contributed by atoms with Crippen LogP contribution in [0.5, 0.6) is 0 Å². The van der Waals surface area contributed by atoms with E-state index in [1.165, 1.54) is 24.4 Å². The minimum atomic E-state index is -1.43. The van der Waals surface area contributed by atoms with Crippen LogP contribution in [0.4, 0.5) is 0 Å². The molecule has 0 saturated heterocycles. The third-order valence-electron chi connectivity index (χ3n) is 2.51. The minimum absolute atomic E-state index is 0.742. The zero-order valence-electron chi connectivity index (χ0n) is 9.99. The van der Waals surface area contributed by atoms with Crippen LogP contribution >= 0.6 is 0 Å². The molecular formula is C12H21NOSi. The lowest BCUT2D eigenvalue weighted by molar-refractivity contribution is 0.293. The van der Waals surface area contributed by atoms with E-state index >= 15 is 0 Å². The third kappa shape index (κ3) is 5.09. The van der Waals surface area contributed by atoms with Crippen LogP contribution in [0, 0.1) is 0 Å². The van der Waals surface area contributed by atoms with Gasteiger partial charge in [0, 0.05) is 12.4 Å². The zero-order chi connectivity index (χ0) is 11.1. The molecule has 15 heavy (non-hydrogen) atoms. The number of unbranched alkanes of at least 4 members (excludes halogenated alkanes) is 1. The molecule has 84 valence electrons. The minimum Gasteiger partial charge on any atom is -0.413 e. The molecule has 0 bridgehead atoms. The van der Waals surface area contributed by atoms with E-state index in [1.54, 1.807) is 0 Å². The van der Waals surface area contributed by atoms with E-state index in [0.717, 1.165) is 6.61 Å². The first-order valence-electron chi connectivity index (χ1n) is 5.67. The maximum atomic E-state index is 6.03. The van der Waals surface area contributed by atoms with Crippen molar-refractivity contribution in [1.82, 2.24) is 4.98 Å². The highest BCUT2D eigenvalue weighted by Gasteiger charge is 2.21. The van der Waals surface area contributed by atoms with Crippen molar-refractivity contribution < 1.29 is 4.43 Å². The summed E-state index contributed by atoms with van der Waals surface area (Å²) in [5.41, 5.74) is 1.22. The van der Waals surface area contributed by atoms with Gasteiger partial charge in [0.05, 0.1) is 6.61 Å². The van der Waals surface area contributed by atoms with Crippen molar-refractivity contribution in [2.24, 2.45) is 0 Å². The number of aromatic nitrogens is 1. The Hall–Kier alpha value is -0.673. The predicted molar refractivity (Wildman–Crippen MR) is 66.2 cm³/mol. The molecular weight excluding hydrogens is 202 g/mol. The lowest BCUT2D eigenvalue weighted by Gasteiger charge is -2.22. The van der Waals surface area contributed by atoms with Crippen molar-refractivity contribution in [3.63, 3.8) is 0 Å². The van der Waals surface area contributed by atoms with E-state index in [4.69, 9.17) is 4.43 Å². The number of pyridine rings is 1. The van der Waals surface area contributed by atoms with Crippen LogP contribution in [0.15, 0.2) is 24.5 Å². The number of hydrogen-bond donors (Lipinski definition) is 0. The Balaban J connectivity index is 2.35. The van der Waals surface area contributed by atoms with Crippen LogP contribution in [0.2, 0.25) is 19.1 Å². The Kier molecular flexibility index (Phi) is 4.98. The third-order valence-corrected chi connectivity index (χ3v) is 4.99. The van der Waals surface area contributed by atoms with Crippen molar-refractivity contribution in [3.05, 3.63) is 30.1 Å². The molecule has 0 unspecified atom stereocenters. The van der Waals surface area contributed by atoms with Gasteiger partial charge in [0.25, 0.3) is 0 Å². The predicted octanol–water partition coefficient (Wildman–Crippen LogP) is 3.60. The first-order valence-corrected chi connectivity index (χ1v) is 8.78. The zero-order valence-corrected chi connectivity index (χ0v) is 11.0. The summed E-state index contributed by atoms with van der Waals surface area (Å²) in [6, 6.07) is 5.29. The molecule has 0 atom stereocenters. The standard InChI is InChI=1S/C12H21NOSi/c1-4-5-10-15(2,3)14-11-12-6-8-13-9-7-12/h6-9H,4-5,10-11H2,1-3H3. The Labute approximate surface area is 93.8 Å². The van der Waals surface area contributed by atoms with E-state index in [0.29, 0.717) is 0 Å². The summed E-state index contributed by atoms with van der Waals surface area (Å²) >= 11 is 0. The topological polar surface area (TPSA) is 22.1 Å². The van der Waals surface area contributed by atoms with Gasteiger partial charge in [0.2, 0.25) is 0 Å². The largest absolute Gasteiger partial charge is 0.413 e. The van der Waals surface area contributed by atoms with Crippen LogP contribution in [0.1, 0.15) is 25.3 Å². The lowest BCUT2D eigenvalue weighted by atomic mass is 10.3. The van der Waals surface area contributed by atoms with Gasteiger partial charge in [-0.3, -0.25) is 4.98 Å². The van der Waals surface area contributed by atoms with Crippen LogP contribution in [-0.2, 0) is 11.0 Å². The molecule has 2 nitrogen and oxygen atoms in total. The molecule has 0 radical (unpaired) electrons. The highest BCUT2D eigenvalue weighted by molar-refractivity contribution is 6.71. The van der Waals surface area contributed by atoms with Gasteiger partial charge in [-0.2, -0.15) is 0 Å². The molecule has 0 fully saturated rings. The number of rotatable bonds is 6. The lowest BCUT2D eigenvalue weighted by Crippen LogP contribution is -2.29. The SMILES string of the molecule is CCCC[Si](C)(C)OCc1ccncc1. The van der Waals surface area contributed by atoms with Crippen molar-refractivity contribution in [2.75, 3.05) is 0 Å². The van der Waals surface area contributed by atoms with Gasteiger partial charge >= 0.3 is 0 Å². The molecule has 1 aromatic rings.